The van der Waals surface area contributed by atoms with Gasteiger partial charge in [0.05, 0.1) is 12.0 Å². The monoisotopic (exact) mass is 389 g/mol. The molecule has 9 heteroatoms. The fourth-order valence-corrected chi connectivity index (χ4v) is 6.47. The Hall–Kier alpha value is -1.19. The van der Waals surface area contributed by atoms with E-state index in [1.165, 1.54) is 0 Å². The van der Waals surface area contributed by atoms with E-state index in [2.05, 4.69) is 0 Å². The fraction of sp³-hybridized carbons (Fsp3) is 0.400. The maximum atomic E-state index is 12.9. The number of piperidine rings is 1. The van der Waals surface area contributed by atoms with Gasteiger partial charge in [-0.1, -0.05) is 11.6 Å². The van der Waals surface area contributed by atoms with E-state index in [1.807, 2.05) is 0 Å². The third kappa shape index (κ3) is 2.93. The quantitative estimate of drug-likeness (QED) is 0.839. The third-order valence-corrected chi connectivity index (χ3v) is 8.26. The molecule has 0 aliphatic carbocycles. The number of carboxylic acids is 1. The number of aliphatic hydroxyl groups is 1. The van der Waals surface area contributed by atoms with E-state index in [9.17, 15) is 18.3 Å². The van der Waals surface area contributed by atoms with Crippen molar-refractivity contribution in [2.75, 3.05) is 13.1 Å². The Morgan fingerprint density at radius 3 is 2.75 bits per heavy atom. The molecule has 0 unspecified atom stereocenters. The summed E-state index contributed by atoms with van der Waals surface area (Å²) >= 11 is 7.14. The van der Waals surface area contributed by atoms with Gasteiger partial charge in [0.2, 0.25) is 0 Å². The number of sulfonamides is 1. The van der Waals surface area contributed by atoms with Crippen molar-refractivity contribution in [2.24, 2.45) is 5.92 Å². The van der Waals surface area contributed by atoms with Crippen molar-refractivity contribution in [1.29, 1.82) is 0 Å². The average Bonchev–Trinajstić information content (AvgIpc) is 2.84. The van der Waals surface area contributed by atoms with Crippen molar-refractivity contribution in [1.82, 2.24) is 4.31 Å². The van der Waals surface area contributed by atoms with E-state index in [0.717, 1.165) is 25.7 Å². The Morgan fingerprint density at radius 2 is 2.12 bits per heavy atom. The Kier molecular flexibility index (Phi) is 4.61. The first-order valence-electron chi connectivity index (χ1n) is 7.31. The van der Waals surface area contributed by atoms with Gasteiger partial charge in [0.25, 0.3) is 10.0 Å². The van der Waals surface area contributed by atoms with Gasteiger partial charge in [0.1, 0.15) is 4.21 Å². The number of nitrogens with zero attached hydrogens (tertiary/aromatic N) is 1. The van der Waals surface area contributed by atoms with Crippen LogP contribution in [0.2, 0.25) is 5.02 Å². The van der Waals surface area contributed by atoms with Gasteiger partial charge in [-0.2, -0.15) is 4.31 Å². The molecule has 0 bridgehead atoms. The highest BCUT2D eigenvalue weighted by molar-refractivity contribution is 7.91. The minimum absolute atomic E-state index is 0.0742. The van der Waals surface area contributed by atoms with Crippen LogP contribution in [0, 0.1) is 12.8 Å². The molecule has 0 amide bonds. The number of benzene rings is 1. The average molecular weight is 390 g/mol. The second-order valence-electron chi connectivity index (χ2n) is 5.82. The smallest absolute Gasteiger partial charge is 0.309 e. The first kappa shape index (κ1) is 17.6. The van der Waals surface area contributed by atoms with Crippen molar-refractivity contribution in [3.05, 3.63) is 28.8 Å². The van der Waals surface area contributed by atoms with Crippen LogP contribution in [-0.4, -0.2) is 48.1 Å². The van der Waals surface area contributed by atoms with Crippen LogP contribution in [0.1, 0.15) is 12.0 Å². The van der Waals surface area contributed by atoms with Gasteiger partial charge in [0, 0.05) is 22.8 Å². The number of carbonyl (C=O) groups is 1. The summed E-state index contributed by atoms with van der Waals surface area (Å²) < 4.78 is 28.0. The van der Waals surface area contributed by atoms with E-state index in [1.54, 1.807) is 25.1 Å². The number of hydrogen-bond acceptors (Lipinski definition) is 5. The topological polar surface area (TPSA) is 94.9 Å². The zero-order valence-electron chi connectivity index (χ0n) is 12.8. The van der Waals surface area contributed by atoms with Gasteiger partial charge < -0.3 is 10.2 Å². The highest BCUT2D eigenvalue weighted by atomic mass is 35.5. The molecule has 0 saturated carbocycles. The first-order chi connectivity index (χ1) is 11.2. The normalized spacial score (nSPS) is 22.8. The summed E-state index contributed by atoms with van der Waals surface area (Å²) in [5.74, 6) is -2.04. The minimum Gasteiger partial charge on any atom is -0.481 e. The second kappa shape index (κ2) is 6.27. The lowest BCUT2D eigenvalue weighted by Crippen LogP contribution is -2.48. The molecule has 1 aromatic carbocycles. The van der Waals surface area contributed by atoms with Gasteiger partial charge in [-0.15, -0.1) is 11.3 Å². The highest BCUT2D eigenvalue weighted by Crippen LogP contribution is 2.37. The second-order valence-corrected chi connectivity index (χ2v) is 9.44. The predicted molar refractivity (Wildman–Crippen MR) is 92.1 cm³/mol. The molecule has 6 nitrogen and oxygen atoms in total. The molecule has 130 valence electrons. The summed E-state index contributed by atoms with van der Waals surface area (Å²) in [5.41, 5.74) is 0.618. The SMILES string of the molecule is Cc1c(S(=O)(=O)N2CC[C@H](C(=O)O)[C@H](O)C2)sc2ccc(Cl)cc12. The van der Waals surface area contributed by atoms with Crippen LogP contribution in [0.3, 0.4) is 0 Å². The van der Waals surface area contributed by atoms with Crippen molar-refractivity contribution in [3.63, 3.8) is 0 Å². The van der Waals surface area contributed by atoms with Crippen LogP contribution in [0.15, 0.2) is 22.4 Å². The van der Waals surface area contributed by atoms with Crippen LogP contribution < -0.4 is 0 Å². The molecule has 1 fully saturated rings. The lowest BCUT2D eigenvalue weighted by Gasteiger charge is -2.32. The summed E-state index contributed by atoms with van der Waals surface area (Å²) in [5, 5.41) is 20.3. The van der Waals surface area contributed by atoms with E-state index in [4.69, 9.17) is 16.7 Å². The molecule has 2 heterocycles. The first-order valence-corrected chi connectivity index (χ1v) is 9.95. The molecule has 1 saturated heterocycles. The molecule has 2 N–H and O–H groups in total. The van der Waals surface area contributed by atoms with Crippen LogP contribution in [-0.2, 0) is 14.8 Å². The summed E-state index contributed by atoms with van der Waals surface area (Å²) in [4.78, 5) is 11.1. The molecule has 1 aromatic heterocycles. The number of β-amino-alcohol motifs (C(OH)–C–C–N with tert-alkyl or cyclic N) is 1. The zero-order valence-corrected chi connectivity index (χ0v) is 15.2. The van der Waals surface area contributed by atoms with Crippen molar-refractivity contribution < 1.29 is 23.4 Å². The number of rotatable bonds is 3. The van der Waals surface area contributed by atoms with Gasteiger partial charge in [-0.3, -0.25) is 4.79 Å². The molecule has 1 aliphatic heterocycles. The lowest BCUT2D eigenvalue weighted by atomic mass is 9.95. The summed E-state index contributed by atoms with van der Waals surface area (Å²) in [6.45, 7) is 1.58. The molecule has 1 aliphatic rings. The van der Waals surface area contributed by atoms with Crippen LogP contribution in [0.5, 0.6) is 0 Å². The largest absolute Gasteiger partial charge is 0.481 e. The Morgan fingerprint density at radius 1 is 1.42 bits per heavy atom. The number of aliphatic hydroxyl groups excluding tert-OH is 1. The van der Waals surface area contributed by atoms with E-state index >= 15 is 0 Å². The van der Waals surface area contributed by atoms with E-state index < -0.39 is 28.0 Å². The molecule has 2 aromatic rings. The lowest BCUT2D eigenvalue weighted by molar-refractivity contribution is -0.147. The predicted octanol–water partition coefficient (Wildman–Crippen LogP) is 2.32. The number of aryl methyl sites for hydroxylation is 1. The maximum Gasteiger partial charge on any atom is 0.309 e. The maximum absolute atomic E-state index is 12.9. The summed E-state index contributed by atoms with van der Waals surface area (Å²) in [6.07, 6.45) is -1.12. The Labute approximate surface area is 148 Å². The molecular weight excluding hydrogens is 374 g/mol. The van der Waals surface area contributed by atoms with Crippen molar-refractivity contribution in [3.8, 4) is 0 Å². The minimum atomic E-state index is -3.79. The van der Waals surface area contributed by atoms with Crippen molar-refractivity contribution in [2.45, 2.75) is 23.7 Å². The number of aliphatic carboxylic acids is 1. The molecule has 0 spiro atoms. The van der Waals surface area contributed by atoms with Crippen LogP contribution in [0.4, 0.5) is 0 Å². The van der Waals surface area contributed by atoms with E-state index in [-0.39, 0.29) is 23.7 Å². The molecular formula is C15H16ClNO5S2. The summed E-state index contributed by atoms with van der Waals surface area (Å²) in [7, 11) is -3.79. The molecule has 2 atom stereocenters. The number of thiophene rings is 1. The number of halogens is 1. The van der Waals surface area contributed by atoms with Gasteiger partial charge in [-0.05, 0) is 42.5 Å². The number of hydrogen-bond donors (Lipinski definition) is 2. The van der Waals surface area contributed by atoms with E-state index in [0.29, 0.717) is 10.6 Å². The zero-order chi connectivity index (χ0) is 17.6. The van der Waals surface area contributed by atoms with Crippen molar-refractivity contribution >= 4 is 49.0 Å². The van der Waals surface area contributed by atoms with Crippen LogP contribution in [0.25, 0.3) is 10.1 Å². The van der Waals surface area contributed by atoms with Gasteiger partial charge in [0.15, 0.2) is 0 Å². The standard InChI is InChI=1S/C15H16ClNO5S2/c1-8-11-6-9(16)2-3-13(11)23-15(8)24(21,22)17-5-4-10(14(19)20)12(18)7-17/h2-3,6,10,12,18H,4-5,7H2,1H3,(H,19,20)/t10-,12+/m0/s1. The Balaban J connectivity index is 1.97. The summed E-state index contributed by atoms with van der Waals surface area (Å²) in [6, 6.07) is 5.21. The molecule has 0 radical (unpaired) electrons. The number of fused-ring (bicyclic) bond motifs is 1. The third-order valence-electron chi connectivity index (χ3n) is 4.29. The van der Waals surface area contributed by atoms with Gasteiger partial charge >= 0.3 is 5.97 Å². The Bertz CT molecular complexity index is 908. The molecule has 3 rings (SSSR count). The number of carboxylic acid groups (broad SMARTS) is 1. The highest BCUT2D eigenvalue weighted by Gasteiger charge is 2.39. The molecule has 24 heavy (non-hydrogen) atoms. The fourth-order valence-electron chi connectivity index (χ4n) is 2.94. The van der Waals surface area contributed by atoms with Gasteiger partial charge in [-0.25, -0.2) is 8.42 Å². The van der Waals surface area contributed by atoms with Crippen LogP contribution >= 0.6 is 22.9 Å².